The van der Waals surface area contributed by atoms with Crippen LogP contribution in [-0.2, 0) is 4.79 Å². The van der Waals surface area contributed by atoms with Crippen LogP contribution in [0.2, 0.25) is 0 Å². The Kier molecular flexibility index (Phi) is 4.96. The van der Waals surface area contributed by atoms with Gasteiger partial charge in [0.05, 0.1) is 17.2 Å². The number of benzene rings is 1. The van der Waals surface area contributed by atoms with E-state index in [-0.39, 0.29) is 17.6 Å². The van der Waals surface area contributed by atoms with Gasteiger partial charge in [0, 0.05) is 0 Å². The lowest BCUT2D eigenvalue weighted by Gasteiger charge is -2.08. The molecular formula is C13H9BrF3N3O2. The topological polar surface area (TPSA) is 64.1 Å². The van der Waals surface area contributed by atoms with E-state index < -0.39 is 28.0 Å². The molecule has 1 aromatic carbocycles. The number of ether oxygens (including phenoxy) is 1. The molecule has 0 aliphatic rings. The van der Waals surface area contributed by atoms with Crippen molar-refractivity contribution < 1.29 is 22.7 Å². The molecule has 116 valence electrons. The van der Waals surface area contributed by atoms with Crippen LogP contribution in [0, 0.1) is 17.5 Å². The molecular weight excluding hydrogens is 367 g/mol. The van der Waals surface area contributed by atoms with Crippen molar-refractivity contribution in [3.05, 3.63) is 42.0 Å². The minimum absolute atomic E-state index is 0.144. The van der Waals surface area contributed by atoms with Crippen LogP contribution >= 0.6 is 15.9 Å². The third kappa shape index (κ3) is 3.73. The largest absolute Gasteiger partial charge is 0.434 e. The summed E-state index contributed by atoms with van der Waals surface area (Å²) in [5.74, 6) is -5.26. The van der Waals surface area contributed by atoms with Crippen LogP contribution in [0.5, 0.6) is 11.6 Å². The summed E-state index contributed by atoms with van der Waals surface area (Å²) in [5, 5.41) is 2.46. The Morgan fingerprint density at radius 1 is 1.23 bits per heavy atom. The lowest BCUT2D eigenvalue weighted by molar-refractivity contribution is -0.115. The van der Waals surface area contributed by atoms with E-state index in [1.165, 1.54) is 6.20 Å². The third-order valence-corrected chi connectivity index (χ3v) is 2.87. The average molecular weight is 376 g/mol. The Bertz CT molecular complexity index is 696. The highest BCUT2D eigenvalue weighted by atomic mass is 79.9. The van der Waals surface area contributed by atoms with Crippen molar-refractivity contribution in [1.29, 1.82) is 0 Å². The molecule has 0 aliphatic carbocycles. The van der Waals surface area contributed by atoms with Crippen LogP contribution in [0.1, 0.15) is 6.92 Å². The van der Waals surface area contributed by atoms with E-state index in [1.54, 1.807) is 6.92 Å². The fraction of sp³-hybridized carbons (Fsp3) is 0.154. The van der Waals surface area contributed by atoms with Gasteiger partial charge in [0.2, 0.25) is 17.6 Å². The number of carbonyl (C=O) groups excluding carboxylic acids is 1. The molecule has 2 aromatic rings. The van der Waals surface area contributed by atoms with E-state index in [2.05, 4.69) is 31.2 Å². The summed E-state index contributed by atoms with van der Waals surface area (Å²) >= 11 is 3.08. The van der Waals surface area contributed by atoms with Gasteiger partial charge in [-0.05, 0) is 19.1 Å². The van der Waals surface area contributed by atoms with E-state index in [4.69, 9.17) is 4.74 Å². The molecule has 1 amide bonds. The first-order valence-electron chi connectivity index (χ1n) is 5.97. The Labute approximate surface area is 131 Å². The number of carbonyl (C=O) groups is 1. The van der Waals surface area contributed by atoms with Crippen molar-refractivity contribution in [2.45, 2.75) is 11.8 Å². The van der Waals surface area contributed by atoms with E-state index in [0.717, 1.165) is 18.3 Å². The van der Waals surface area contributed by atoms with Gasteiger partial charge in [0.1, 0.15) is 0 Å². The lowest BCUT2D eigenvalue weighted by Crippen LogP contribution is -2.20. The van der Waals surface area contributed by atoms with Crippen molar-refractivity contribution in [3.8, 4) is 11.6 Å². The van der Waals surface area contributed by atoms with Gasteiger partial charge in [-0.15, -0.1) is 0 Å². The molecule has 1 unspecified atom stereocenters. The number of halogens is 4. The Morgan fingerprint density at radius 3 is 2.55 bits per heavy atom. The summed E-state index contributed by atoms with van der Waals surface area (Å²) in [7, 11) is 0. The second-order valence-corrected chi connectivity index (χ2v) is 5.49. The molecule has 0 fully saturated rings. The first-order valence-corrected chi connectivity index (χ1v) is 6.88. The molecule has 0 saturated carbocycles. The number of nitrogens with zero attached hydrogens (tertiary/aromatic N) is 2. The maximum absolute atomic E-state index is 13.4. The van der Waals surface area contributed by atoms with Crippen LogP contribution < -0.4 is 10.1 Å². The van der Waals surface area contributed by atoms with Crippen molar-refractivity contribution in [3.63, 3.8) is 0 Å². The normalized spacial score (nSPS) is 11.9. The summed E-state index contributed by atoms with van der Waals surface area (Å²) in [6.07, 6.45) is 2.29. The third-order valence-electron chi connectivity index (χ3n) is 2.45. The molecule has 1 atom stereocenters. The van der Waals surface area contributed by atoms with Gasteiger partial charge in [-0.1, -0.05) is 15.9 Å². The molecule has 0 saturated heterocycles. The van der Waals surface area contributed by atoms with E-state index in [9.17, 15) is 18.0 Å². The zero-order chi connectivity index (χ0) is 16.3. The van der Waals surface area contributed by atoms with Gasteiger partial charge < -0.3 is 10.1 Å². The molecule has 0 radical (unpaired) electrons. The summed E-state index contributed by atoms with van der Waals surface area (Å²) in [6.45, 7) is 1.63. The Balaban J connectivity index is 2.12. The second kappa shape index (κ2) is 6.73. The van der Waals surface area contributed by atoms with Gasteiger partial charge in [-0.25, -0.2) is 18.7 Å². The molecule has 1 N–H and O–H groups in total. The standard InChI is InChI=1S/C13H9BrF3N3O2/c1-6(14)13(21)20-9-4-19-10(5-18-9)22-8-3-2-7(15)11(16)12(8)17/h2-6H,1H3,(H,18,20,21). The van der Waals surface area contributed by atoms with E-state index in [0.29, 0.717) is 0 Å². The smallest absolute Gasteiger partial charge is 0.239 e. The van der Waals surface area contributed by atoms with Gasteiger partial charge >= 0.3 is 0 Å². The van der Waals surface area contributed by atoms with Crippen LogP contribution in [-0.4, -0.2) is 20.7 Å². The fourth-order valence-electron chi connectivity index (χ4n) is 1.36. The first kappa shape index (κ1) is 16.2. The Hall–Kier alpha value is -2.16. The summed E-state index contributed by atoms with van der Waals surface area (Å²) < 4.78 is 44.3. The number of hydrogen-bond acceptors (Lipinski definition) is 4. The molecule has 0 aliphatic heterocycles. The minimum Gasteiger partial charge on any atom is -0.434 e. The fourth-order valence-corrected chi connectivity index (χ4v) is 1.47. The molecule has 0 spiro atoms. The molecule has 9 heteroatoms. The molecule has 0 bridgehead atoms. The Morgan fingerprint density at radius 2 is 1.95 bits per heavy atom. The predicted molar refractivity (Wildman–Crippen MR) is 75.4 cm³/mol. The number of hydrogen-bond donors (Lipinski definition) is 1. The maximum atomic E-state index is 13.4. The highest BCUT2D eigenvalue weighted by Gasteiger charge is 2.16. The summed E-state index contributed by atoms with van der Waals surface area (Å²) in [5.41, 5.74) is 0. The zero-order valence-corrected chi connectivity index (χ0v) is 12.7. The molecule has 2 rings (SSSR count). The van der Waals surface area contributed by atoms with Crippen molar-refractivity contribution in [2.24, 2.45) is 0 Å². The highest BCUT2D eigenvalue weighted by Crippen LogP contribution is 2.26. The van der Waals surface area contributed by atoms with Crippen molar-refractivity contribution in [2.75, 3.05) is 5.32 Å². The summed E-state index contributed by atoms with van der Waals surface area (Å²) in [4.78, 5) is 18.6. The quantitative estimate of drug-likeness (QED) is 0.656. The summed E-state index contributed by atoms with van der Waals surface area (Å²) in [6, 6.07) is 1.66. The monoisotopic (exact) mass is 375 g/mol. The van der Waals surface area contributed by atoms with Crippen LogP contribution in [0.4, 0.5) is 19.0 Å². The molecule has 1 aromatic heterocycles. The van der Waals surface area contributed by atoms with Crippen LogP contribution in [0.3, 0.4) is 0 Å². The van der Waals surface area contributed by atoms with E-state index in [1.807, 2.05) is 0 Å². The van der Waals surface area contributed by atoms with Gasteiger partial charge in [0.25, 0.3) is 0 Å². The molecule has 1 heterocycles. The van der Waals surface area contributed by atoms with Crippen LogP contribution in [0.15, 0.2) is 24.5 Å². The molecule has 5 nitrogen and oxygen atoms in total. The SMILES string of the molecule is CC(Br)C(=O)Nc1cnc(Oc2ccc(F)c(F)c2F)cn1. The number of aromatic nitrogens is 2. The maximum Gasteiger partial charge on any atom is 0.239 e. The molecule has 22 heavy (non-hydrogen) atoms. The number of nitrogens with one attached hydrogen (secondary N) is 1. The number of amides is 1. The average Bonchev–Trinajstić information content (AvgIpc) is 2.49. The minimum atomic E-state index is -1.64. The van der Waals surface area contributed by atoms with Gasteiger partial charge in [-0.2, -0.15) is 4.39 Å². The highest BCUT2D eigenvalue weighted by molar-refractivity contribution is 9.10. The van der Waals surface area contributed by atoms with Crippen molar-refractivity contribution in [1.82, 2.24) is 9.97 Å². The number of rotatable bonds is 4. The van der Waals surface area contributed by atoms with Crippen molar-refractivity contribution >= 4 is 27.7 Å². The van der Waals surface area contributed by atoms with E-state index >= 15 is 0 Å². The number of anilines is 1. The lowest BCUT2D eigenvalue weighted by atomic mass is 10.3. The van der Waals surface area contributed by atoms with Crippen LogP contribution in [0.25, 0.3) is 0 Å². The zero-order valence-electron chi connectivity index (χ0n) is 11.1. The first-order chi connectivity index (χ1) is 10.4. The van der Waals surface area contributed by atoms with Gasteiger partial charge in [-0.3, -0.25) is 4.79 Å². The van der Waals surface area contributed by atoms with Gasteiger partial charge in [0.15, 0.2) is 23.2 Å². The predicted octanol–water partition coefficient (Wildman–Crippen LogP) is 3.41. The second-order valence-electron chi connectivity index (χ2n) is 4.12. The number of alkyl halides is 1.